The lowest BCUT2D eigenvalue weighted by Gasteiger charge is -2.21. The molecule has 0 N–H and O–H groups in total. The predicted molar refractivity (Wildman–Crippen MR) is 80.7 cm³/mol. The van der Waals surface area contributed by atoms with E-state index in [9.17, 15) is 13.2 Å². The molecule has 0 unspecified atom stereocenters. The van der Waals surface area contributed by atoms with E-state index in [1.165, 1.54) is 0 Å². The van der Waals surface area contributed by atoms with Crippen LogP contribution in [0.2, 0.25) is 10.0 Å². The number of fused-ring (bicyclic) bond motifs is 1. The normalized spacial score (nSPS) is 14.4. The molecule has 2 aromatic carbocycles. The van der Waals surface area contributed by atoms with Crippen LogP contribution in [0, 0.1) is 0 Å². The van der Waals surface area contributed by atoms with Crippen LogP contribution in [0.4, 0.5) is 13.2 Å². The van der Waals surface area contributed by atoms with Crippen LogP contribution in [0.1, 0.15) is 17.5 Å². The standard InChI is InChI=1S/C16H11Cl2F3O/c17-12-7-10(16(19,20)21)8-13(18)14(12)11-5-1-3-9-4-2-6-22-15(9)11/h1,3,5,7-8H,2,4,6H2. The van der Waals surface area contributed by atoms with Gasteiger partial charge in [0.05, 0.1) is 22.2 Å². The van der Waals surface area contributed by atoms with Crippen LogP contribution in [-0.4, -0.2) is 6.61 Å². The number of benzene rings is 2. The van der Waals surface area contributed by atoms with Crippen molar-refractivity contribution in [3.8, 4) is 16.9 Å². The van der Waals surface area contributed by atoms with Gasteiger partial charge in [-0.05, 0) is 30.5 Å². The predicted octanol–water partition coefficient (Wildman–Crippen LogP) is 6.00. The molecule has 0 atom stereocenters. The molecule has 22 heavy (non-hydrogen) atoms. The van der Waals surface area contributed by atoms with E-state index in [1.54, 1.807) is 6.07 Å². The molecule has 6 heteroatoms. The molecule has 0 fully saturated rings. The number of halogens is 5. The summed E-state index contributed by atoms with van der Waals surface area (Å²) in [5.41, 5.74) is 1.14. The van der Waals surface area contributed by atoms with E-state index in [2.05, 4.69) is 0 Å². The van der Waals surface area contributed by atoms with Gasteiger partial charge in [-0.25, -0.2) is 0 Å². The molecule has 1 aliphatic rings. The first-order valence-electron chi connectivity index (χ1n) is 6.69. The van der Waals surface area contributed by atoms with Gasteiger partial charge >= 0.3 is 6.18 Å². The largest absolute Gasteiger partial charge is 0.493 e. The van der Waals surface area contributed by atoms with Gasteiger partial charge in [-0.1, -0.05) is 41.4 Å². The second-order valence-electron chi connectivity index (χ2n) is 5.06. The average Bonchev–Trinajstić information content (AvgIpc) is 2.46. The van der Waals surface area contributed by atoms with Crippen LogP contribution in [0.15, 0.2) is 30.3 Å². The minimum atomic E-state index is -4.49. The molecule has 1 heterocycles. The van der Waals surface area contributed by atoms with Crippen LogP contribution in [0.3, 0.4) is 0 Å². The first-order chi connectivity index (χ1) is 10.4. The van der Waals surface area contributed by atoms with E-state index in [0.29, 0.717) is 23.5 Å². The maximum absolute atomic E-state index is 12.8. The van der Waals surface area contributed by atoms with Gasteiger partial charge in [-0.2, -0.15) is 13.2 Å². The summed E-state index contributed by atoms with van der Waals surface area (Å²) in [6.07, 6.45) is -2.72. The first-order valence-corrected chi connectivity index (χ1v) is 7.45. The van der Waals surface area contributed by atoms with Gasteiger partial charge in [0.15, 0.2) is 0 Å². The Hall–Kier alpha value is -1.39. The summed E-state index contributed by atoms with van der Waals surface area (Å²) in [6.45, 7) is 0.569. The summed E-state index contributed by atoms with van der Waals surface area (Å²) in [4.78, 5) is 0. The third-order valence-electron chi connectivity index (χ3n) is 3.57. The van der Waals surface area contributed by atoms with Crippen molar-refractivity contribution in [3.63, 3.8) is 0 Å². The summed E-state index contributed by atoms with van der Waals surface area (Å²) in [5.74, 6) is 0.650. The summed E-state index contributed by atoms with van der Waals surface area (Å²) in [5, 5.41) is -0.0789. The molecule has 3 rings (SSSR count). The Labute approximate surface area is 135 Å². The van der Waals surface area contributed by atoms with Crippen molar-refractivity contribution in [2.75, 3.05) is 6.61 Å². The highest BCUT2D eigenvalue weighted by molar-refractivity contribution is 6.39. The Morgan fingerprint density at radius 1 is 1.05 bits per heavy atom. The Morgan fingerprint density at radius 3 is 2.36 bits per heavy atom. The molecule has 0 aliphatic carbocycles. The van der Waals surface area contributed by atoms with E-state index < -0.39 is 11.7 Å². The highest BCUT2D eigenvalue weighted by Crippen LogP contribution is 2.45. The van der Waals surface area contributed by atoms with Crippen molar-refractivity contribution < 1.29 is 17.9 Å². The summed E-state index contributed by atoms with van der Waals surface area (Å²) in [6, 6.07) is 7.30. The van der Waals surface area contributed by atoms with E-state index in [-0.39, 0.29) is 10.0 Å². The third kappa shape index (κ3) is 2.77. The molecule has 2 aromatic rings. The topological polar surface area (TPSA) is 9.23 Å². The molecular formula is C16H11Cl2F3O. The second kappa shape index (κ2) is 5.67. The van der Waals surface area contributed by atoms with E-state index >= 15 is 0 Å². The van der Waals surface area contributed by atoms with Gasteiger partial charge in [0.25, 0.3) is 0 Å². The summed E-state index contributed by atoms with van der Waals surface area (Å²) >= 11 is 12.2. The lowest BCUT2D eigenvalue weighted by Crippen LogP contribution is -2.09. The van der Waals surface area contributed by atoms with E-state index in [4.69, 9.17) is 27.9 Å². The van der Waals surface area contributed by atoms with E-state index in [1.807, 2.05) is 12.1 Å². The van der Waals surface area contributed by atoms with E-state index in [0.717, 1.165) is 30.5 Å². The van der Waals surface area contributed by atoms with Gasteiger partial charge in [0.2, 0.25) is 0 Å². The number of hydrogen-bond donors (Lipinski definition) is 0. The number of para-hydroxylation sites is 1. The molecule has 0 amide bonds. The van der Waals surface area contributed by atoms with Crippen molar-refractivity contribution in [3.05, 3.63) is 51.5 Å². The van der Waals surface area contributed by atoms with Gasteiger partial charge in [0, 0.05) is 11.1 Å². The summed E-state index contributed by atoms with van der Waals surface area (Å²) < 4.78 is 44.1. The number of rotatable bonds is 1. The second-order valence-corrected chi connectivity index (χ2v) is 5.87. The number of aryl methyl sites for hydroxylation is 1. The first kappa shape index (κ1) is 15.5. The smallest absolute Gasteiger partial charge is 0.416 e. The maximum atomic E-state index is 12.8. The fourth-order valence-corrected chi connectivity index (χ4v) is 3.27. The van der Waals surface area contributed by atoms with Crippen LogP contribution in [0.5, 0.6) is 5.75 Å². The van der Waals surface area contributed by atoms with Gasteiger partial charge < -0.3 is 4.74 Å². The Balaban J connectivity index is 2.18. The highest BCUT2D eigenvalue weighted by atomic mass is 35.5. The van der Waals surface area contributed by atoms with Crippen molar-refractivity contribution >= 4 is 23.2 Å². The van der Waals surface area contributed by atoms with Crippen LogP contribution in [-0.2, 0) is 12.6 Å². The van der Waals surface area contributed by atoms with Gasteiger partial charge in [-0.15, -0.1) is 0 Å². The van der Waals surface area contributed by atoms with Crippen molar-refractivity contribution in [1.82, 2.24) is 0 Å². The SMILES string of the molecule is FC(F)(F)c1cc(Cl)c(-c2cccc3c2OCCC3)c(Cl)c1. The van der Waals surface area contributed by atoms with Crippen molar-refractivity contribution in [2.24, 2.45) is 0 Å². The molecule has 0 radical (unpaired) electrons. The minimum absolute atomic E-state index is 0.0394. The zero-order valence-corrected chi connectivity index (χ0v) is 12.8. The monoisotopic (exact) mass is 346 g/mol. The zero-order chi connectivity index (χ0) is 15.9. The van der Waals surface area contributed by atoms with Crippen molar-refractivity contribution in [2.45, 2.75) is 19.0 Å². The number of hydrogen-bond acceptors (Lipinski definition) is 1. The molecular weight excluding hydrogens is 336 g/mol. The molecule has 1 nitrogen and oxygen atoms in total. The fourth-order valence-electron chi connectivity index (χ4n) is 2.58. The fraction of sp³-hybridized carbons (Fsp3) is 0.250. The average molecular weight is 347 g/mol. The zero-order valence-electron chi connectivity index (χ0n) is 11.3. The number of ether oxygens (including phenoxy) is 1. The molecule has 116 valence electrons. The van der Waals surface area contributed by atoms with Gasteiger partial charge in [-0.3, -0.25) is 0 Å². The molecule has 0 aromatic heterocycles. The Kier molecular flexibility index (Phi) is 4.00. The Bertz CT molecular complexity index is 703. The summed E-state index contributed by atoms with van der Waals surface area (Å²) in [7, 11) is 0. The number of alkyl halides is 3. The molecule has 0 saturated heterocycles. The highest BCUT2D eigenvalue weighted by Gasteiger charge is 2.32. The lowest BCUT2D eigenvalue weighted by atomic mass is 9.96. The van der Waals surface area contributed by atoms with Crippen LogP contribution in [0.25, 0.3) is 11.1 Å². The van der Waals surface area contributed by atoms with Gasteiger partial charge in [0.1, 0.15) is 5.75 Å². The van der Waals surface area contributed by atoms with Crippen LogP contribution < -0.4 is 4.74 Å². The molecule has 0 spiro atoms. The van der Waals surface area contributed by atoms with Crippen LogP contribution >= 0.6 is 23.2 Å². The third-order valence-corrected chi connectivity index (χ3v) is 4.17. The maximum Gasteiger partial charge on any atom is 0.416 e. The quantitative estimate of drug-likeness (QED) is 0.614. The minimum Gasteiger partial charge on any atom is -0.493 e. The Morgan fingerprint density at radius 2 is 1.73 bits per heavy atom. The molecule has 0 bridgehead atoms. The lowest BCUT2D eigenvalue weighted by molar-refractivity contribution is -0.137. The van der Waals surface area contributed by atoms with Crippen molar-refractivity contribution in [1.29, 1.82) is 0 Å². The molecule has 1 aliphatic heterocycles. The molecule has 0 saturated carbocycles.